The summed E-state index contributed by atoms with van der Waals surface area (Å²) >= 11 is 0. The van der Waals surface area contributed by atoms with Crippen molar-refractivity contribution in [2.45, 2.75) is 32.9 Å². The Labute approximate surface area is 100 Å². The number of carbonyl (C=O) groups is 1. The van der Waals surface area contributed by atoms with E-state index in [0.29, 0.717) is 11.7 Å². The maximum absolute atomic E-state index is 10.9. The standard InChI is InChI=1S/C11H17N3O3/c1-7(2)17-10-6-12-5-9(13-10)14(4)8(3)11(15)16/h5-8H,1-4H3,(H,15,16). The molecule has 0 saturated heterocycles. The zero-order valence-corrected chi connectivity index (χ0v) is 10.4. The Hall–Kier alpha value is -1.85. The predicted molar refractivity (Wildman–Crippen MR) is 63.3 cm³/mol. The zero-order valence-electron chi connectivity index (χ0n) is 10.4. The van der Waals surface area contributed by atoms with Gasteiger partial charge >= 0.3 is 5.97 Å². The lowest BCUT2D eigenvalue weighted by Crippen LogP contribution is -2.36. The fourth-order valence-corrected chi connectivity index (χ4v) is 1.17. The number of aliphatic carboxylic acids is 1. The van der Waals surface area contributed by atoms with E-state index >= 15 is 0 Å². The highest BCUT2D eigenvalue weighted by Crippen LogP contribution is 2.15. The van der Waals surface area contributed by atoms with Crippen LogP contribution in [0.25, 0.3) is 0 Å². The molecule has 1 atom stereocenters. The molecule has 0 aliphatic carbocycles. The van der Waals surface area contributed by atoms with Crippen LogP contribution in [0, 0.1) is 0 Å². The van der Waals surface area contributed by atoms with Gasteiger partial charge in [0.25, 0.3) is 0 Å². The van der Waals surface area contributed by atoms with Gasteiger partial charge in [-0.1, -0.05) is 0 Å². The first kappa shape index (κ1) is 13.2. The van der Waals surface area contributed by atoms with Gasteiger partial charge in [0.2, 0.25) is 5.88 Å². The molecule has 1 rings (SSSR count). The Morgan fingerprint density at radius 3 is 2.59 bits per heavy atom. The van der Waals surface area contributed by atoms with E-state index in [1.807, 2.05) is 13.8 Å². The van der Waals surface area contributed by atoms with Gasteiger partial charge in [0.1, 0.15) is 6.04 Å². The molecule has 0 aliphatic rings. The van der Waals surface area contributed by atoms with Crippen LogP contribution in [0.4, 0.5) is 5.82 Å². The van der Waals surface area contributed by atoms with E-state index in [-0.39, 0.29) is 6.10 Å². The molecular formula is C11H17N3O3. The minimum Gasteiger partial charge on any atom is -0.480 e. The Balaban J connectivity index is 2.87. The van der Waals surface area contributed by atoms with Crippen LogP contribution in [0.2, 0.25) is 0 Å². The average Bonchev–Trinajstić information content (AvgIpc) is 2.26. The summed E-state index contributed by atoms with van der Waals surface area (Å²) < 4.78 is 5.40. The second-order valence-electron chi connectivity index (χ2n) is 4.01. The number of carboxylic acids is 1. The second-order valence-corrected chi connectivity index (χ2v) is 4.01. The normalized spacial score (nSPS) is 12.3. The molecule has 0 amide bonds. The van der Waals surface area contributed by atoms with Crippen LogP contribution in [-0.2, 0) is 4.79 Å². The van der Waals surface area contributed by atoms with E-state index in [1.54, 1.807) is 14.0 Å². The molecule has 94 valence electrons. The first-order valence-electron chi connectivity index (χ1n) is 5.36. The molecule has 17 heavy (non-hydrogen) atoms. The Morgan fingerprint density at radius 2 is 2.06 bits per heavy atom. The van der Waals surface area contributed by atoms with E-state index in [2.05, 4.69) is 9.97 Å². The van der Waals surface area contributed by atoms with E-state index in [4.69, 9.17) is 9.84 Å². The van der Waals surface area contributed by atoms with Gasteiger partial charge in [-0.25, -0.2) is 4.79 Å². The van der Waals surface area contributed by atoms with Crippen LogP contribution >= 0.6 is 0 Å². The van der Waals surface area contributed by atoms with Gasteiger partial charge in [-0.2, -0.15) is 4.98 Å². The van der Waals surface area contributed by atoms with Crippen LogP contribution in [0.3, 0.4) is 0 Å². The number of likely N-dealkylation sites (N-methyl/N-ethyl adjacent to an activating group) is 1. The van der Waals surface area contributed by atoms with Gasteiger partial charge in [-0.3, -0.25) is 4.98 Å². The second kappa shape index (κ2) is 5.47. The summed E-state index contributed by atoms with van der Waals surface area (Å²) in [7, 11) is 1.65. The lowest BCUT2D eigenvalue weighted by molar-refractivity contribution is -0.138. The smallest absolute Gasteiger partial charge is 0.326 e. The summed E-state index contributed by atoms with van der Waals surface area (Å²) in [4.78, 5) is 20.6. The van der Waals surface area contributed by atoms with E-state index in [9.17, 15) is 4.79 Å². The third-order valence-electron chi connectivity index (χ3n) is 2.26. The molecule has 0 saturated carbocycles. The number of carboxylic acid groups (broad SMARTS) is 1. The van der Waals surface area contributed by atoms with Gasteiger partial charge in [0, 0.05) is 7.05 Å². The van der Waals surface area contributed by atoms with Crippen molar-refractivity contribution in [1.29, 1.82) is 0 Å². The molecular weight excluding hydrogens is 222 g/mol. The molecule has 1 N–H and O–H groups in total. The van der Waals surface area contributed by atoms with Crippen molar-refractivity contribution >= 4 is 11.8 Å². The van der Waals surface area contributed by atoms with E-state index in [0.717, 1.165) is 0 Å². The number of aromatic nitrogens is 2. The largest absolute Gasteiger partial charge is 0.480 e. The van der Waals surface area contributed by atoms with E-state index in [1.165, 1.54) is 17.3 Å². The molecule has 1 unspecified atom stereocenters. The topological polar surface area (TPSA) is 75.5 Å². The van der Waals surface area contributed by atoms with E-state index < -0.39 is 12.0 Å². The van der Waals surface area contributed by atoms with Crippen LogP contribution in [0.5, 0.6) is 5.88 Å². The number of hydrogen-bond acceptors (Lipinski definition) is 5. The third kappa shape index (κ3) is 3.58. The molecule has 6 heteroatoms. The van der Waals surface area contributed by atoms with Crippen molar-refractivity contribution < 1.29 is 14.6 Å². The van der Waals surface area contributed by atoms with Gasteiger partial charge in [-0.15, -0.1) is 0 Å². The van der Waals surface area contributed by atoms with Crippen LogP contribution in [0.15, 0.2) is 12.4 Å². The van der Waals surface area contributed by atoms with Gasteiger partial charge in [-0.05, 0) is 20.8 Å². The first-order valence-corrected chi connectivity index (χ1v) is 5.36. The fourth-order valence-electron chi connectivity index (χ4n) is 1.17. The molecule has 1 aromatic rings. The quantitative estimate of drug-likeness (QED) is 0.831. The maximum Gasteiger partial charge on any atom is 0.326 e. The average molecular weight is 239 g/mol. The lowest BCUT2D eigenvalue weighted by atomic mass is 10.3. The summed E-state index contributed by atoms with van der Waals surface area (Å²) in [6.07, 6.45) is 3.01. The fraction of sp³-hybridized carbons (Fsp3) is 0.545. The van der Waals surface area contributed by atoms with Crippen LogP contribution in [0.1, 0.15) is 20.8 Å². The molecule has 1 aromatic heterocycles. The van der Waals surface area contributed by atoms with Gasteiger partial charge in [0.05, 0.1) is 18.5 Å². The summed E-state index contributed by atoms with van der Waals surface area (Å²) in [5.74, 6) is -0.0514. The maximum atomic E-state index is 10.9. The van der Waals surface area contributed by atoms with Crippen molar-refractivity contribution in [3.8, 4) is 5.88 Å². The molecule has 0 bridgehead atoms. The molecule has 6 nitrogen and oxygen atoms in total. The monoisotopic (exact) mass is 239 g/mol. The summed E-state index contributed by atoms with van der Waals surface area (Å²) in [5.41, 5.74) is 0. The molecule has 0 aliphatic heterocycles. The highest BCUT2D eigenvalue weighted by Gasteiger charge is 2.18. The number of nitrogens with zero attached hydrogens (tertiary/aromatic N) is 3. The molecule has 0 fully saturated rings. The minimum absolute atomic E-state index is 0.00162. The zero-order chi connectivity index (χ0) is 13.0. The highest BCUT2D eigenvalue weighted by molar-refractivity contribution is 5.76. The molecule has 1 heterocycles. The Kier molecular flexibility index (Phi) is 4.25. The van der Waals surface area contributed by atoms with Crippen molar-refractivity contribution in [3.05, 3.63) is 12.4 Å². The van der Waals surface area contributed by atoms with Crippen LogP contribution in [-0.4, -0.2) is 40.2 Å². The number of rotatable bonds is 5. The Morgan fingerprint density at radius 1 is 1.41 bits per heavy atom. The predicted octanol–water partition coefficient (Wildman–Crippen LogP) is 1.17. The summed E-state index contributed by atoms with van der Waals surface area (Å²) in [6, 6.07) is -0.668. The highest BCUT2D eigenvalue weighted by atomic mass is 16.5. The third-order valence-corrected chi connectivity index (χ3v) is 2.26. The molecule has 0 spiro atoms. The Bertz CT molecular complexity index is 395. The molecule has 0 aromatic carbocycles. The van der Waals surface area contributed by atoms with Crippen molar-refractivity contribution in [1.82, 2.24) is 9.97 Å². The molecule has 0 radical (unpaired) electrons. The SMILES string of the molecule is CC(C)Oc1cncc(N(C)C(C)C(=O)O)n1. The van der Waals surface area contributed by atoms with Crippen LogP contribution < -0.4 is 9.64 Å². The van der Waals surface area contributed by atoms with Gasteiger partial charge < -0.3 is 14.7 Å². The number of anilines is 1. The van der Waals surface area contributed by atoms with Crippen molar-refractivity contribution in [2.24, 2.45) is 0 Å². The minimum atomic E-state index is -0.913. The van der Waals surface area contributed by atoms with Crippen molar-refractivity contribution in [3.63, 3.8) is 0 Å². The number of ether oxygens (including phenoxy) is 1. The van der Waals surface area contributed by atoms with Crippen molar-refractivity contribution in [2.75, 3.05) is 11.9 Å². The summed E-state index contributed by atoms with van der Waals surface area (Å²) in [5, 5.41) is 8.91. The summed E-state index contributed by atoms with van der Waals surface area (Å²) in [6.45, 7) is 5.36. The first-order chi connectivity index (χ1) is 7.91. The number of hydrogen-bond donors (Lipinski definition) is 1. The lowest BCUT2D eigenvalue weighted by Gasteiger charge is -2.22. The van der Waals surface area contributed by atoms with Gasteiger partial charge in [0.15, 0.2) is 5.82 Å².